The van der Waals surface area contributed by atoms with Crippen LogP contribution in [0.25, 0.3) is 21.8 Å². The van der Waals surface area contributed by atoms with Crippen molar-refractivity contribution in [1.29, 1.82) is 0 Å². The number of hydrogen-bond acceptors (Lipinski definition) is 3. The largest absolute Gasteiger partial charge is 0.397 e. The van der Waals surface area contributed by atoms with Crippen LogP contribution < -0.4 is 11.1 Å². The first-order valence-corrected chi connectivity index (χ1v) is 6.34. The predicted octanol–water partition coefficient (Wildman–Crippen LogP) is 2.32. The van der Waals surface area contributed by atoms with Gasteiger partial charge in [0.25, 0.3) is 0 Å². The first kappa shape index (κ1) is 11.9. The Morgan fingerprint density at radius 3 is 2.79 bits per heavy atom. The van der Waals surface area contributed by atoms with Gasteiger partial charge in [-0.25, -0.2) is 0 Å². The number of para-hydroxylation sites is 1. The number of aromatic nitrogens is 1. The molecule has 1 heterocycles. The zero-order valence-electron chi connectivity index (χ0n) is 10.9. The highest BCUT2D eigenvalue weighted by atomic mass is 16.3. The van der Waals surface area contributed by atoms with Crippen LogP contribution in [0.2, 0.25) is 0 Å². The van der Waals surface area contributed by atoms with Crippen LogP contribution in [-0.4, -0.2) is 22.8 Å². The molecule has 3 aromatic rings. The summed E-state index contributed by atoms with van der Waals surface area (Å²) in [5.74, 6) is 0. The lowest BCUT2D eigenvalue weighted by Crippen LogP contribution is -2.06. The maximum Gasteiger partial charge on any atom is 0.0743 e. The minimum atomic E-state index is 0.108. The zero-order chi connectivity index (χ0) is 13.4. The fraction of sp³-hybridized carbons (Fsp3) is 0.200. The van der Waals surface area contributed by atoms with Crippen LogP contribution in [0.4, 0.5) is 11.4 Å². The van der Waals surface area contributed by atoms with Crippen molar-refractivity contribution < 1.29 is 5.11 Å². The van der Waals surface area contributed by atoms with E-state index < -0.39 is 0 Å². The van der Waals surface area contributed by atoms with Crippen LogP contribution in [0.15, 0.2) is 36.4 Å². The van der Waals surface area contributed by atoms with Gasteiger partial charge in [-0.2, -0.15) is 0 Å². The van der Waals surface area contributed by atoms with Crippen molar-refractivity contribution >= 4 is 33.2 Å². The Hall–Kier alpha value is -2.20. The highest BCUT2D eigenvalue weighted by Gasteiger charge is 2.13. The summed E-state index contributed by atoms with van der Waals surface area (Å²) in [6, 6.07) is 12.1. The van der Waals surface area contributed by atoms with E-state index in [1.54, 1.807) is 0 Å². The van der Waals surface area contributed by atoms with Crippen LogP contribution in [0.5, 0.6) is 0 Å². The zero-order valence-corrected chi connectivity index (χ0v) is 10.9. The number of anilines is 2. The van der Waals surface area contributed by atoms with E-state index >= 15 is 0 Å². The van der Waals surface area contributed by atoms with Crippen LogP contribution in [0.3, 0.4) is 0 Å². The molecular formula is C15H17N3O. The summed E-state index contributed by atoms with van der Waals surface area (Å²) in [7, 11) is 2.02. The number of hydrogen-bond donors (Lipinski definition) is 3. The molecule has 0 saturated carbocycles. The van der Waals surface area contributed by atoms with Crippen molar-refractivity contribution in [2.24, 2.45) is 7.05 Å². The number of nitrogen functional groups attached to an aromatic ring is 1. The molecule has 0 saturated heterocycles. The van der Waals surface area contributed by atoms with Crippen molar-refractivity contribution in [1.82, 2.24) is 4.57 Å². The number of aliphatic hydroxyl groups excluding tert-OH is 1. The summed E-state index contributed by atoms with van der Waals surface area (Å²) in [4.78, 5) is 0. The molecule has 0 bridgehead atoms. The number of benzene rings is 2. The third-order valence-corrected chi connectivity index (χ3v) is 3.51. The Morgan fingerprint density at radius 1 is 1.21 bits per heavy atom. The monoisotopic (exact) mass is 255 g/mol. The van der Waals surface area contributed by atoms with Crippen molar-refractivity contribution in [2.45, 2.75) is 0 Å². The quantitative estimate of drug-likeness (QED) is 0.629. The van der Waals surface area contributed by atoms with Gasteiger partial charge in [0, 0.05) is 35.6 Å². The third kappa shape index (κ3) is 1.72. The van der Waals surface area contributed by atoms with Crippen LogP contribution >= 0.6 is 0 Å². The number of fused-ring (bicyclic) bond motifs is 3. The van der Waals surface area contributed by atoms with Crippen LogP contribution in [-0.2, 0) is 7.05 Å². The minimum absolute atomic E-state index is 0.108. The molecule has 0 atom stereocenters. The maximum absolute atomic E-state index is 8.98. The molecule has 4 N–H and O–H groups in total. The van der Waals surface area contributed by atoms with Crippen molar-refractivity contribution in [2.75, 3.05) is 24.2 Å². The van der Waals surface area contributed by atoms with E-state index in [4.69, 9.17) is 10.8 Å². The van der Waals surface area contributed by atoms with E-state index in [9.17, 15) is 0 Å². The molecule has 2 aromatic carbocycles. The number of nitrogens with two attached hydrogens (primary N) is 1. The average molecular weight is 255 g/mol. The number of nitrogens with one attached hydrogen (secondary N) is 1. The molecule has 0 fully saturated rings. The average Bonchev–Trinajstić information content (AvgIpc) is 2.74. The molecule has 0 amide bonds. The number of nitrogens with zero attached hydrogens (tertiary/aromatic N) is 1. The van der Waals surface area contributed by atoms with Gasteiger partial charge in [-0.05, 0) is 18.2 Å². The third-order valence-electron chi connectivity index (χ3n) is 3.51. The van der Waals surface area contributed by atoms with Gasteiger partial charge in [-0.15, -0.1) is 0 Å². The smallest absolute Gasteiger partial charge is 0.0743 e. The summed E-state index contributed by atoms with van der Waals surface area (Å²) in [6.07, 6.45) is 0. The Kier molecular flexibility index (Phi) is 2.80. The molecule has 1 aromatic heterocycles. The molecular weight excluding hydrogens is 238 g/mol. The molecule has 19 heavy (non-hydrogen) atoms. The molecule has 4 nitrogen and oxygen atoms in total. The molecule has 0 spiro atoms. The second-order valence-corrected chi connectivity index (χ2v) is 4.65. The Morgan fingerprint density at radius 2 is 2.00 bits per heavy atom. The van der Waals surface area contributed by atoms with Gasteiger partial charge >= 0.3 is 0 Å². The van der Waals surface area contributed by atoms with E-state index in [2.05, 4.69) is 22.0 Å². The highest BCUT2D eigenvalue weighted by Crippen LogP contribution is 2.36. The maximum atomic E-state index is 8.98. The van der Waals surface area contributed by atoms with Crippen molar-refractivity contribution in [3.8, 4) is 0 Å². The molecule has 0 aliphatic carbocycles. The lowest BCUT2D eigenvalue weighted by Gasteiger charge is -2.09. The SMILES string of the molecule is Cn1c2ccccc2c2c(NCCO)ccc(N)c21. The van der Waals surface area contributed by atoms with Gasteiger partial charge in [0.15, 0.2) is 0 Å². The Labute approximate surface area is 111 Å². The lowest BCUT2D eigenvalue weighted by atomic mass is 10.1. The number of aryl methyl sites for hydroxylation is 1. The van der Waals surface area contributed by atoms with E-state index in [1.807, 2.05) is 31.3 Å². The summed E-state index contributed by atoms with van der Waals surface area (Å²) in [5.41, 5.74) is 10.1. The van der Waals surface area contributed by atoms with Crippen LogP contribution in [0.1, 0.15) is 0 Å². The predicted molar refractivity (Wildman–Crippen MR) is 80.4 cm³/mol. The fourth-order valence-electron chi connectivity index (χ4n) is 2.68. The highest BCUT2D eigenvalue weighted by molar-refractivity contribution is 6.17. The summed E-state index contributed by atoms with van der Waals surface area (Å²) >= 11 is 0. The number of rotatable bonds is 3. The summed E-state index contributed by atoms with van der Waals surface area (Å²) < 4.78 is 2.12. The van der Waals surface area contributed by atoms with Crippen molar-refractivity contribution in [3.05, 3.63) is 36.4 Å². The van der Waals surface area contributed by atoms with Gasteiger partial charge in [0.2, 0.25) is 0 Å². The molecule has 3 rings (SSSR count). The van der Waals surface area contributed by atoms with Gasteiger partial charge in [0.1, 0.15) is 0 Å². The normalized spacial score (nSPS) is 11.3. The summed E-state index contributed by atoms with van der Waals surface area (Å²) in [5, 5.41) is 14.5. The second-order valence-electron chi connectivity index (χ2n) is 4.65. The molecule has 0 aliphatic rings. The van der Waals surface area contributed by atoms with Gasteiger partial charge in [-0.1, -0.05) is 18.2 Å². The van der Waals surface area contributed by atoms with Gasteiger partial charge < -0.3 is 20.7 Å². The minimum Gasteiger partial charge on any atom is -0.397 e. The molecule has 0 radical (unpaired) electrons. The van der Waals surface area contributed by atoms with E-state index in [0.717, 1.165) is 27.8 Å². The van der Waals surface area contributed by atoms with E-state index in [0.29, 0.717) is 6.54 Å². The fourth-order valence-corrected chi connectivity index (χ4v) is 2.68. The van der Waals surface area contributed by atoms with Gasteiger partial charge in [0.05, 0.1) is 17.8 Å². The number of aliphatic hydroxyl groups is 1. The Bertz CT molecular complexity index is 746. The first-order chi connectivity index (χ1) is 9.24. The van der Waals surface area contributed by atoms with Crippen molar-refractivity contribution in [3.63, 3.8) is 0 Å². The lowest BCUT2D eigenvalue weighted by molar-refractivity contribution is 0.311. The first-order valence-electron chi connectivity index (χ1n) is 6.34. The molecule has 0 unspecified atom stereocenters. The second kappa shape index (κ2) is 4.48. The van der Waals surface area contributed by atoms with Gasteiger partial charge in [-0.3, -0.25) is 0 Å². The summed E-state index contributed by atoms with van der Waals surface area (Å²) in [6.45, 7) is 0.638. The standard InChI is InChI=1S/C15H17N3O/c1-18-13-5-3-2-4-10(13)14-12(17-8-9-19)7-6-11(16)15(14)18/h2-7,17,19H,8-9,16H2,1H3. The van der Waals surface area contributed by atoms with Crippen LogP contribution in [0, 0.1) is 0 Å². The van der Waals surface area contributed by atoms with E-state index in [1.165, 1.54) is 5.39 Å². The molecule has 98 valence electrons. The molecule has 0 aliphatic heterocycles. The van der Waals surface area contributed by atoms with E-state index in [-0.39, 0.29) is 6.61 Å². The topological polar surface area (TPSA) is 63.2 Å². The Balaban J connectivity index is 2.40. The molecule has 4 heteroatoms.